The summed E-state index contributed by atoms with van der Waals surface area (Å²) >= 11 is 0. The van der Waals surface area contributed by atoms with Crippen LogP contribution in [0.4, 0.5) is 0 Å². The summed E-state index contributed by atoms with van der Waals surface area (Å²) in [4.78, 5) is 10.8. The normalized spacial score (nSPS) is 12.0. The molecule has 0 saturated heterocycles. The first-order valence-corrected chi connectivity index (χ1v) is 5.73. The van der Waals surface area contributed by atoms with Crippen molar-refractivity contribution in [2.45, 2.75) is 20.3 Å². The minimum atomic E-state index is -3.65. The molecule has 0 aromatic carbocycles. The second kappa shape index (κ2) is 4.07. The van der Waals surface area contributed by atoms with Gasteiger partial charge in [-0.1, -0.05) is 13.8 Å². The fourth-order valence-corrected chi connectivity index (χ4v) is 1.57. The van der Waals surface area contributed by atoms with Crippen molar-refractivity contribution in [2.24, 2.45) is 5.92 Å². The zero-order chi connectivity index (χ0) is 9.07. The van der Waals surface area contributed by atoms with Crippen LogP contribution in [-0.4, -0.2) is 20.0 Å². The number of hydrogen-bond acceptors (Lipinski definition) is 3. The van der Waals surface area contributed by atoms with Crippen molar-refractivity contribution < 1.29 is 13.2 Å². The maximum absolute atomic E-state index is 10.8. The molecule has 5 heteroatoms. The number of halogens is 1. The fourth-order valence-electron chi connectivity index (χ4n) is 0.707. The average molecular weight is 199 g/mol. The molecule has 0 aromatic rings. The largest absolute Gasteiger partial charge is 0.299 e. The maximum atomic E-state index is 10.8. The number of carbonyl (C=O) groups is 1. The van der Waals surface area contributed by atoms with Crippen LogP contribution in [0.5, 0.6) is 0 Å². The van der Waals surface area contributed by atoms with Crippen molar-refractivity contribution in [1.82, 2.24) is 0 Å². The highest BCUT2D eigenvalue weighted by atomic mass is 35.7. The minimum Gasteiger partial charge on any atom is -0.299 e. The van der Waals surface area contributed by atoms with Gasteiger partial charge in [-0.15, -0.1) is 0 Å². The third-order valence-electron chi connectivity index (χ3n) is 0.969. The van der Waals surface area contributed by atoms with Crippen LogP contribution in [0.15, 0.2) is 0 Å². The molecule has 0 fully saturated rings. The lowest BCUT2D eigenvalue weighted by molar-refractivity contribution is -0.117. The van der Waals surface area contributed by atoms with Crippen molar-refractivity contribution in [1.29, 1.82) is 0 Å². The van der Waals surface area contributed by atoms with Gasteiger partial charge >= 0.3 is 0 Å². The predicted molar refractivity (Wildman–Crippen MR) is 44.1 cm³/mol. The fraction of sp³-hybridized carbons (Fsp3) is 0.833. The van der Waals surface area contributed by atoms with Crippen molar-refractivity contribution in [3.63, 3.8) is 0 Å². The number of ketones is 1. The third kappa shape index (κ3) is 7.81. The highest BCUT2D eigenvalue weighted by molar-refractivity contribution is 8.14. The van der Waals surface area contributed by atoms with E-state index in [0.717, 1.165) is 0 Å². The Kier molecular flexibility index (Phi) is 4.03. The first-order valence-electron chi connectivity index (χ1n) is 3.25. The van der Waals surface area contributed by atoms with Crippen LogP contribution in [0.25, 0.3) is 0 Å². The van der Waals surface area contributed by atoms with E-state index >= 15 is 0 Å². The summed E-state index contributed by atoms with van der Waals surface area (Å²) < 4.78 is 20.7. The van der Waals surface area contributed by atoms with Gasteiger partial charge in [0.05, 0.1) is 0 Å². The van der Waals surface area contributed by atoms with Crippen molar-refractivity contribution in [3.8, 4) is 0 Å². The van der Waals surface area contributed by atoms with E-state index in [4.69, 9.17) is 10.7 Å². The summed E-state index contributed by atoms with van der Waals surface area (Å²) in [5, 5.41) is 0. The molecule has 0 unspecified atom stereocenters. The average Bonchev–Trinajstić information content (AvgIpc) is 1.53. The van der Waals surface area contributed by atoms with E-state index in [0.29, 0.717) is 0 Å². The number of Topliss-reactive ketones (excluding diaryl/α,β-unsaturated/α-hetero) is 1. The van der Waals surface area contributed by atoms with Crippen LogP contribution in [0.3, 0.4) is 0 Å². The molecular formula is C6H11ClO3S. The van der Waals surface area contributed by atoms with Gasteiger partial charge in [0.25, 0.3) is 0 Å². The molecule has 0 saturated carbocycles. The molecule has 0 bridgehead atoms. The zero-order valence-electron chi connectivity index (χ0n) is 6.50. The van der Waals surface area contributed by atoms with Gasteiger partial charge in [-0.2, -0.15) is 0 Å². The molecule has 11 heavy (non-hydrogen) atoms. The van der Waals surface area contributed by atoms with Crippen LogP contribution in [0.1, 0.15) is 20.3 Å². The van der Waals surface area contributed by atoms with E-state index in [2.05, 4.69) is 0 Å². The van der Waals surface area contributed by atoms with E-state index in [1.165, 1.54) is 0 Å². The zero-order valence-corrected chi connectivity index (χ0v) is 8.07. The molecule has 66 valence electrons. The molecule has 0 amide bonds. The first-order chi connectivity index (χ1) is 4.81. The molecule has 0 atom stereocenters. The Morgan fingerprint density at radius 3 is 2.18 bits per heavy atom. The molecule has 0 spiro atoms. The van der Waals surface area contributed by atoms with Crippen LogP contribution in [0.2, 0.25) is 0 Å². The maximum Gasteiger partial charge on any atom is 0.239 e. The number of hydrogen-bond donors (Lipinski definition) is 0. The molecule has 0 aliphatic rings. The summed E-state index contributed by atoms with van der Waals surface area (Å²) in [5.74, 6) is -0.692. The topological polar surface area (TPSA) is 51.2 Å². The molecule has 0 rings (SSSR count). The Bertz CT molecular complexity index is 230. The molecule has 0 aliphatic heterocycles. The van der Waals surface area contributed by atoms with Crippen molar-refractivity contribution in [3.05, 3.63) is 0 Å². The van der Waals surface area contributed by atoms with Gasteiger partial charge in [-0.05, 0) is 5.92 Å². The number of carbonyl (C=O) groups excluding carboxylic acids is 1. The Labute approximate surface area is 71.2 Å². The third-order valence-corrected chi connectivity index (χ3v) is 1.96. The quantitative estimate of drug-likeness (QED) is 0.638. The molecule has 0 N–H and O–H groups in total. The standard InChI is InChI=1S/C6H11ClO3S/c1-5(2)3-6(8)4-11(7,9)10/h5H,3-4H2,1-2H3. The van der Waals surface area contributed by atoms with Gasteiger partial charge in [-0.3, -0.25) is 4.79 Å². The van der Waals surface area contributed by atoms with E-state index in [1.807, 2.05) is 13.8 Å². The summed E-state index contributed by atoms with van der Waals surface area (Å²) in [7, 11) is 1.22. The van der Waals surface area contributed by atoms with Crippen molar-refractivity contribution >= 4 is 25.5 Å². The lowest BCUT2D eigenvalue weighted by atomic mass is 10.1. The molecule has 0 aliphatic carbocycles. The van der Waals surface area contributed by atoms with Gasteiger partial charge in [0.2, 0.25) is 9.05 Å². The number of rotatable bonds is 4. The highest BCUT2D eigenvalue weighted by Crippen LogP contribution is 2.04. The monoisotopic (exact) mass is 198 g/mol. The summed E-state index contributed by atoms with van der Waals surface area (Å²) in [6, 6.07) is 0. The molecule has 0 radical (unpaired) electrons. The second-order valence-corrected chi connectivity index (χ2v) is 5.60. The van der Waals surface area contributed by atoms with Crippen LogP contribution >= 0.6 is 10.7 Å². The SMILES string of the molecule is CC(C)CC(=O)CS(=O)(=O)Cl. The molecular weight excluding hydrogens is 188 g/mol. The van der Waals surface area contributed by atoms with E-state index in [-0.39, 0.29) is 18.1 Å². The second-order valence-electron chi connectivity index (χ2n) is 2.82. The van der Waals surface area contributed by atoms with E-state index in [9.17, 15) is 13.2 Å². The highest BCUT2D eigenvalue weighted by Gasteiger charge is 2.13. The van der Waals surface area contributed by atoms with Gasteiger partial charge in [0.1, 0.15) is 11.5 Å². The Morgan fingerprint density at radius 2 is 1.91 bits per heavy atom. The summed E-state index contributed by atoms with van der Waals surface area (Å²) in [6.07, 6.45) is 0.270. The predicted octanol–water partition coefficient (Wildman–Crippen LogP) is 1.17. The van der Waals surface area contributed by atoms with E-state index in [1.54, 1.807) is 0 Å². The van der Waals surface area contributed by atoms with Gasteiger partial charge in [-0.25, -0.2) is 8.42 Å². The Hall–Kier alpha value is -0.0900. The van der Waals surface area contributed by atoms with Gasteiger partial charge in [0, 0.05) is 17.1 Å². The van der Waals surface area contributed by atoms with Crippen LogP contribution < -0.4 is 0 Å². The van der Waals surface area contributed by atoms with Gasteiger partial charge in [0.15, 0.2) is 0 Å². The van der Waals surface area contributed by atoms with Crippen LogP contribution in [0, 0.1) is 5.92 Å². The van der Waals surface area contributed by atoms with Gasteiger partial charge < -0.3 is 0 Å². The Morgan fingerprint density at radius 1 is 1.45 bits per heavy atom. The first kappa shape index (κ1) is 10.9. The minimum absolute atomic E-state index is 0.181. The van der Waals surface area contributed by atoms with E-state index < -0.39 is 14.8 Å². The molecule has 0 heterocycles. The van der Waals surface area contributed by atoms with Crippen LogP contribution in [-0.2, 0) is 13.8 Å². The summed E-state index contributed by atoms with van der Waals surface area (Å²) in [5.41, 5.74) is 0. The lowest BCUT2D eigenvalue weighted by Gasteiger charge is -2.00. The summed E-state index contributed by atoms with van der Waals surface area (Å²) in [6.45, 7) is 3.69. The smallest absolute Gasteiger partial charge is 0.239 e. The Balaban J connectivity index is 3.91. The lowest BCUT2D eigenvalue weighted by Crippen LogP contribution is -2.12. The molecule has 3 nitrogen and oxygen atoms in total. The molecule has 0 aromatic heterocycles. The van der Waals surface area contributed by atoms with Crippen molar-refractivity contribution in [2.75, 3.05) is 5.75 Å².